The molecule has 0 radical (unpaired) electrons. The van der Waals surface area contributed by atoms with E-state index >= 15 is 0 Å². The average molecular weight is 401 g/mol. The third-order valence-electron chi connectivity index (χ3n) is 5.30. The number of fused-ring (bicyclic) bond motifs is 1. The third-order valence-corrected chi connectivity index (χ3v) is 5.30. The monoisotopic (exact) mass is 400 g/mol. The van der Waals surface area contributed by atoms with Gasteiger partial charge in [0.25, 0.3) is 0 Å². The number of nitrogens with zero attached hydrogens (tertiary/aromatic N) is 3. The number of aromatic nitrogens is 3. The molecule has 5 heteroatoms. The largest absolute Gasteiger partial charge is 0.473 e. The Morgan fingerprint density at radius 3 is 2.70 bits per heavy atom. The molecule has 0 aliphatic heterocycles. The van der Waals surface area contributed by atoms with E-state index in [1.807, 2.05) is 30.1 Å². The van der Waals surface area contributed by atoms with E-state index in [0.717, 1.165) is 29.4 Å². The molecule has 2 aromatic heterocycles. The summed E-state index contributed by atoms with van der Waals surface area (Å²) in [6.07, 6.45) is 4.91. The minimum atomic E-state index is 0.514. The van der Waals surface area contributed by atoms with Crippen LogP contribution in [0.2, 0.25) is 0 Å². The number of hydrogen-bond donors (Lipinski definition) is 1. The topological polar surface area (TPSA) is 52.0 Å². The fourth-order valence-corrected chi connectivity index (χ4v) is 3.55. The second kappa shape index (κ2) is 9.09. The number of aryl methyl sites for hydroxylation is 3. The molecular weight excluding hydrogens is 372 g/mol. The Morgan fingerprint density at radius 1 is 1.03 bits per heavy atom. The van der Waals surface area contributed by atoms with Crippen molar-refractivity contribution in [3.8, 4) is 5.88 Å². The summed E-state index contributed by atoms with van der Waals surface area (Å²) in [6.45, 7) is 6.30. The van der Waals surface area contributed by atoms with Gasteiger partial charge in [-0.2, -0.15) is 5.10 Å². The van der Waals surface area contributed by atoms with Crippen molar-refractivity contribution in [1.29, 1.82) is 0 Å². The van der Waals surface area contributed by atoms with Crippen LogP contribution in [-0.4, -0.2) is 21.3 Å². The molecule has 0 bridgehead atoms. The molecule has 0 saturated carbocycles. The van der Waals surface area contributed by atoms with Crippen LogP contribution in [0.5, 0.6) is 5.88 Å². The van der Waals surface area contributed by atoms with Gasteiger partial charge in [-0.05, 0) is 61.7 Å². The maximum absolute atomic E-state index is 6.20. The SMILES string of the molecule is Cc1ccc2nc(OCc3ccccc3C)c(CNCCc3cnn(C)c3)cc2c1. The number of hydrogen-bond acceptors (Lipinski definition) is 4. The zero-order valence-corrected chi connectivity index (χ0v) is 17.9. The molecule has 0 atom stereocenters. The summed E-state index contributed by atoms with van der Waals surface area (Å²) >= 11 is 0. The average Bonchev–Trinajstić information content (AvgIpc) is 3.15. The molecule has 30 heavy (non-hydrogen) atoms. The van der Waals surface area contributed by atoms with Crippen molar-refractivity contribution in [1.82, 2.24) is 20.1 Å². The van der Waals surface area contributed by atoms with Crippen LogP contribution in [0.15, 0.2) is 60.9 Å². The van der Waals surface area contributed by atoms with Crippen molar-refractivity contribution in [2.45, 2.75) is 33.4 Å². The highest BCUT2D eigenvalue weighted by Gasteiger charge is 2.10. The number of benzene rings is 2. The Labute approximate surface area is 177 Å². The summed E-state index contributed by atoms with van der Waals surface area (Å²) in [4.78, 5) is 4.83. The molecule has 154 valence electrons. The Balaban J connectivity index is 1.50. The molecule has 0 aliphatic carbocycles. The first-order valence-electron chi connectivity index (χ1n) is 10.3. The highest BCUT2D eigenvalue weighted by molar-refractivity contribution is 5.80. The van der Waals surface area contributed by atoms with Crippen LogP contribution >= 0.6 is 0 Å². The van der Waals surface area contributed by atoms with Crippen molar-refractivity contribution < 1.29 is 4.74 Å². The molecule has 0 aliphatic rings. The number of pyridine rings is 1. The predicted molar refractivity (Wildman–Crippen MR) is 121 cm³/mol. The Bertz CT molecular complexity index is 1150. The van der Waals surface area contributed by atoms with E-state index in [2.05, 4.69) is 66.9 Å². The number of nitrogens with one attached hydrogen (secondary N) is 1. The van der Waals surface area contributed by atoms with E-state index in [1.54, 1.807) is 0 Å². The lowest BCUT2D eigenvalue weighted by molar-refractivity contribution is 0.290. The summed E-state index contributed by atoms with van der Waals surface area (Å²) in [5.74, 6) is 0.698. The van der Waals surface area contributed by atoms with Crippen LogP contribution in [-0.2, 0) is 26.6 Å². The Kier molecular flexibility index (Phi) is 6.10. The second-order valence-corrected chi connectivity index (χ2v) is 7.81. The first-order chi connectivity index (χ1) is 14.6. The molecule has 2 heterocycles. The summed E-state index contributed by atoms with van der Waals surface area (Å²) in [5.41, 5.74) is 6.90. The first-order valence-corrected chi connectivity index (χ1v) is 10.3. The third kappa shape index (κ3) is 4.86. The normalized spacial score (nSPS) is 11.2. The molecule has 0 saturated heterocycles. The maximum Gasteiger partial charge on any atom is 0.218 e. The van der Waals surface area contributed by atoms with Crippen LogP contribution in [0.25, 0.3) is 10.9 Å². The summed E-state index contributed by atoms with van der Waals surface area (Å²) < 4.78 is 8.03. The van der Waals surface area contributed by atoms with Crippen LogP contribution in [0.1, 0.15) is 27.8 Å². The fourth-order valence-electron chi connectivity index (χ4n) is 3.55. The van der Waals surface area contributed by atoms with E-state index in [-0.39, 0.29) is 0 Å². The molecule has 5 nitrogen and oxygen atoms in total. The smallest absolute Gasteiger partial charge is 0.218 e. The van der Waals surface area contributed by atoms with Crippen LogP contribution in [0, 0.1) is 13.8 Å². The zero-order chi connectivity index (χ0) is 20.9. The molecular formula is C25H28N4O. The Hall–Kier alpha value is -3.18. The van der Waals surface area contributed by atoms with E-state index in [1.165, 1.54) is 22.3 Å². The van der Waals surface area contributed by atoms with Gasteiger partial charge >= 0.3 is 0 Å². The maximum atomic E-state index is 6.20. The van der Waals surface area contributed by atoms with Gasteiger partial charge in [0.15, 0.2) is 0 Å². The van der Waals surface area contributed by atoms with Crippen molar-refractivity contribution >= 4 is 10.9 Å². The van der Waals surface area contributed by atoms with Gasteiger partial charge in [-0.3, -0.25) is 4.68 Å². The Morgan fingerprint density at radius 2 is 1.90 bits per heavy atom. The van der Waals surface area contributed by atoms with Gasteiger partial charge in [0.2, 0.25) is 5.88 Å². The summed E-state index contributed by atoms with van der Waals surface area (Å²) in [7, 11) is 1.94. The van der Waals surface area contributed by atoms with Gasteiger partial charge in [0.05, 0.1) is 11.7 Å². The quantitative estimate of drug-likeness (QED) is 0.443. The molecule has 0 unspecified atom stereocenters. The molecule has 0 spiro atoms. The molecule has 1 N–H and O–H groups in total. The van der Waals surface area contributed by atoms with Crippen molar-refractivity contribution in [3.63, 3.8) is 0 Å². The van der Waals surface area contributed by atoms with Gasteiger partial charge in [0, 0.05) is 30.7 Å². The predicted octanol–water partition coefficient (Wildman–Crippen LogP) is 4.50. The van der Waals surface area contributed by atoms with Crippen LogP contribution in [0.3, 0.4) is 0 Å². The van der Waals surface area contributed by atoms with Gasteiger partial charge < -0.3 is 10.1 Å². The molecule has 4 aromatic rings. The van der Waals surface area contributed by atoms with Gasteiger partial charge in [0.1, 0.15) is 6.61 Å². The second-order valence-electron chi connectivity index (χ2n) is 7.81. The van der Waals surface area contributed by atoms with E-state index < -0.39 is 0 Å². The highest BCUT2D eigenvalue weighted by atomic mass is 16.5. The fraction of sp³-hybridized carbons (Fsp3) is 0.280. The van der Waals surface area contributed by atoms with Crippen LogP contribution in [0.4, 0.5) is 0 Å². The lowest BCUT2D eigenvalue weighted by atomic mass is 10.1. The molecule has 0 amide bonds. The van der Waals surface area contributed by atoms with Gasteiger partial charge in [-0.25, -0.2) is 4.98 Å². The minimum Gasteiger partial charge on any atom is -0.473 e. The van der Waals surface area contributed by atoms with Crippen molar-refractivity contribution in [3.05, 3.63) is 88.7 Å². The number of ether oxygens (including phenoxy) is 1. The first kappa shape index (κ1) is 20.1. The van der Waals surface area contributed by atoms with E-state index in [0.29, 0.717) is 19.0 Å². The summed E-state index contributed by atoms with van der Waals surface area (Å²) in [6, 6.07) is 16.8. The van der Waals surface area contributed by atoms with Crippen molar-refractivity contribution in [2.24, 2.45) is 7.05 Å². The number of rotatable bonds is 8. The standard InChI is InChI=1S/C25H28N4O/c1-18-8-9-24-22(12-18)13-23(15-26-11-10-20-14-27-29(3)16-20)25(28-24)30-17-21-7-5-4-6-19(21)2/h4-9,12-14,16,26H,10-11,15,17H2,1-3H3. The lowest BCUT2D eigenvalue weighted by Crippen LogP contribution is -2.17. The molecule has 4 rings (SSSR count). The molecule has 0 fully saturated rings. The van der Waals surface area contributed by atoms with E-state index in [9.17, 15) is 0 Å². The van der Waals surface area contributed by atoms with Crippen LogP contribution < -0.4 is 10.1 Å². The summed E-state index contributed by atoms with van der Waals surface area (Å²) in [5, 5.41) is 8.90. The van der Waals surface area contributed by atoms with Gasteiger partial charge in [-0.15, -0.1) is 0 Å². The minimum absolute atomic E-state index is 0.514. The highest BCUT2D eigenvalue weighted by Crippen LogP contribution is 2.24. The lowest BCUT2D eigenvalue weighted by Gasteiger charge is -2.14. The van der Waals surface area contributed by atoms with E-state index in [4.69, 9.17) is 9.72 Å². The molecule has 2 aromatic carbocycles. The van der Waals surface area contributed by atoms with Crippen molar-refractivity contribution in [2.75, 3.05) is 6.54 Å². The van der Waals surface area contributed by atoms with Gasteiger partial charge in [-0.1, -0.05) is 35.9 Å². The zero-order valence-electron chi connectivity index (χ0n) is 17.9.